The topological polar surface area (TPSA) is 38.9 Å². The molecule has 0 radical (unpaired) electrons. The summed E-state index contributed by atoms with van der Waals surface area (Å²) >= 11 is 0. The van der Waals surface area contributed by atoms with E-state index in [1.54, 1.807) is 12.1 Å². The molecule has 1 heterocycles. The highest BCUT2D eigenvalue weighted by molar-refractivity contribution is 5.62. The first-order valence-electron chi connectivity index (χ1n) is 9.36. The summed E-state index contributed by atoms with van der Waals surface area (Å²) < 4.78 is 13.9. The van der Waals surface area contributed by atoms with Crippen molar-refractivity contribution in [1.82, 2.24) is 4.98 Å². The van der Waals surface area contributed by atoms with Gasteiger partial charge in [-0.25, -0.2) is 4.39 Å². The SMILES string of the molecule is CC(C)=CC(c1cccc(F)c1)c1c(C)nc2c(c1N)CC(C)(C)CC2. The molecule has 0 spiro atoms. The molecule has 1 aromatic heterocycles. The number of benzene rings is 1. The fraction of sp³-hybridized carbons (Fsp3) is 0.435. The van der Waals surface area contributed by atoms with Crippen LogP contribution >= 0.6 is 0 Å². The van der Waals surface area contributed by atoms with Gasteiger partial charge in [-0.1, -0.05) is 37.6 Å². The summed E-state index contributed by atoms with van der Waals surface area (Å²) in [6.07, 6.45) is 5.21. The Kier molecular flexibility index (Phi) is 4.92. The number of pyridine rings is 1. The molecule has 0 saturated heterocycles. The van der Waals surface area contributed by atoms with Gasteiger partial charge in [0.05, 0.1) is 0 Å². The second-order valence-electron chi connectivity index (χ2n) is 8.57. The number of halogens is 1. The van der Waals surface area contributed by atoms with Gasteiger partial charge >= 0.3 is 0 Å². The van der Waals surface area contributed by atoms with Crippen LogP contribution in [0, 0.1) is 18.2 Å². The van der Waals surface area contributed by atoms with E-state index in [2.05, 4.69) is 33.8 Å². The number of fused-ring (bicyclic) bond motifs is 1. The fourth-order valence-corrected chi connectivity index (χ4v) is 4.04. The van der Waals surface area contributed by atoms with Crippen LogP contribution in [-0.2, 0) is 12.8 Å². The Bertz CT molecular complexity index is 861. The maximum atomic E-state index is 13.9. The Morgan fingerprint density at radius 1 is 1.31 bits per heavy atom. The minimum absolute atomic E-state index is 0.0847. The van der Waals surface area contributed by atoms with Gasteiger partial charge in [0.1, 0.15) is 5.82 Å². The molecule has 1 unspecified atom stereocenters. The van der Waals surface area contributed by atoms with Crippen LogP contribution < -0.4 is 5.73 Å². The third kappa shape index (κ3) is 3.67. The van der Waals surface area contributed by atoms with E-state index in [9.17, 15) is 4.39 Å². The molecule has 2 N–H and O–H groups in total. The Morgan fingerprint density at radius 2 is 2.04 bits per heavy atom. The Balaban J connectivity index is 2.20. The molecule has 0 aliphatic heterocycles. The van der Waals surface area contributed by atoms with Gasteiger partial charge in [0.15, 0.2) is 0 Å². The van der Waals surface area contributed by atoms with Crippen LogP contribution in [0.2, 0.25) is 0 Å². The number of aryl methyl sites for hydroxylation is 2. The summed E-state index contributed by atoms with van der Waals surface area (Å²) in [6.45, 7) is 10.7. The van der Waals surface area contributed by atoms with Crippen molar-refractivity contribution in [3.05, 3.63) is 69.8 Å². The largest absolute Gasteiger partial charge is 0.398 e. The van der Waals surface area contributed by atoms with E-state index in [0.717, 1.165) is 47.5 Å². The van der Waals surface area contributed by atoms with Gasteiger partial charge in [0, 0.05) is 28.6 Å². The standard InChI is InChI=1S/C23H29FN2/c1-14(2)11-18(16-7-6-8-17(24)12-16)21-15(3)26-20-9-10-23(4,5)13-19(20)22(21)25/h6-8,11-12,18H,9-10,13H2,1-5H3,(H2,25,26). The molecular formula is C23H29FN2. The van der Waals surface area contributed by atoms with E-state index in [0.29, 0.717) is 0 Å². The molecule has 0 bridgehead atoms. The number of nitrogens with zero attached hydrogens (tertiary/aromatic N) is 1. The molecule has 2 nitrogen and oxygen atoms in total. The summed E-state index contributed by atoms with van der Waals surface area (Å²) in [7, 11) is 0. The van der Waals surface area contributed by atoms with Gasteiger partial charge in [-0.05, 0) is 68.7 Å². The zero-order chi connectivity index (χ0) is 19.1. The third-order valence-electron chi connectivity index (χ3n) is 5.37. The lowest BCUT2D eigenvalue weighted by atomic mass is 9.74. The van der Waals surface area contributed by atoms with E-state index in [4.69, 9.17) is 10.7 Å². The van der Waals surface area contributed by atoms with Crippen molar-refractivity contribution >= 4 is 5.69 Å². The van der Waals surface area contributed by atoms with Crippen molar-refractivity contribution in [1.29, 1.82) is 0 Å². The number of allylic oxidation sites excluding steroid dienone is 2. The molecule has 26 heavy (non-hydrogen) atoms. The summed E-state index contributed by atoms with van der Waals surface area (Å²) in [5.74, 6) is -0.309. The average molecular weight is 352 g/mol. The molecule has 3 rings (SSSR count). The first-order chi connectivity index (χ1) is 12.2. The van der Waals surface area contributed by atoms with Crippen molar-refractivity contribution in [3.63, 3.8) is 0 Å². The van der Waals surface area contributed by atoms with E-state index < -0.39 is 0 Å². The lowest BCUT2D eigenvalue weighted by Crippen LogP contribution is -2.25. The van der Waals surface area contributed by atoms with E-state index in [1.165, 1.54) is 17.2 Å². The zero-order valence-electron chi connectivity index (χ0n) is 16.5. The number of aromatic nitrogens is 1. The van der Waals surface area contributed by atoms with Crippen LogP contribution in [0.1, 0.15) is 68.1 Å². The van der Waals surface area contributed by atoms with Crippen LogP contribution in [-0.4, -0.2) is 4.98 Å². The average Bonchev–Trinajstić information content (AvgIpc) is 2.54. The highest BCUT2D eigenvalue weighted by Gasteiger charge is 2.30. The summed E-state index contributed by atoms with van der Waals surface area (Å²) in [4.78, 5) is 4.91. The molecule has 1 aliphatic rings. The molecule has 0 saturated carbocycles. The first-order valence-corrected chi connectivity index (χ1v) is 9.36. The molecule has 0 amide bonds. The van der Waals surface area contributed by atoms with E-state index in [1.807, 2.05) is 13.0 Å². The maximum Gasteiger partial charge on any atom is 0.123 e. The van der Waals surface area contributed by atoms with Gasteiger partial charge < -0.3 is 5.73 Å². The summed E-state index contributed by atoms with van der Waals surface area (Å²) in [6, 6.07) is 6.81. The Hall–Kier alpha value is -2.16. The number of nitrogen functional groups attached to an aromatic ring is 1. The highest BCUT2D eigenvalue weighted by atomic mass is 19.1. The van der Waals surface area contributed by atoms with Gasteiger partial charge in [0.2, 0.25) is 0 Å². The predicted octanol–water partition coefficient (Wildman–Crippen LogP) is 5.72. The second-order valence-corrected chi connectivity index (χ2v) is 8.57. The number of anilines is 1. The minimum atomic E-state index is -0.224. The lowest BCUT2D eigenvalue weighted by Gasteiger charge is -2.33. The highest BCUT2D eigenvalue weighted by Crippen LogP contribution is 2.42. The number of rotatable bonds is 3. The fourth-order valence-electron chi connectivity index (χ4n) is 4.04. The van der Waals surface area contributed by atoms with Crippen LogP contribution in [0.3, 0.4) is 0 Å². The van der Waals surface area contributed by atoms with Crippen LogP contribution in [0.4, 0.5) is 10.1 Å². The minimum Gasteiger partial charge on any atom is -0.398 e. The van der Waals surface area contributed by atoms with Crippen LogP contribution in [0.25, 0.3) is 0 Å². The van der Waals surface area contributed by atoms with Crippen LogP contribution in [0.5, 0.6) is 0 Å². The molecule has 1 aliphatic carbocycles. The molecule has 1 atom stereocenters. The molecular weight excluding hydrogens is 323 g/mol. The van der Waals surface area contributed by atoms with Gasteiger partial charge in [-0.15, -0.1) is 0 Å². The lowest BCUT2D eigenvalue weighted by molar-refractivity contribution is 0.312. The van der Waals surface area contributed by atoms with E-state index in [-0.39, 0.29) is 17.2 Å². The monoisotopic (exact) mass is 352 g/mol. The van der Waals surface area contributed by atoms with Gasteiger partial charge in [-0.2, -0.15) is 0 Å². The second kappa shape index (κ2) is 6.86. The van der Waals surface area contributed by atoms with Crippen molar-refractivity contribution in [2.75, 3.05) is 5.73 Å². The van der Waals surface area contributed by atoms with Crippen molar-refractivity contribution < 1.29 is 4.39 Å². The zero-order valence-corrected chi connectivity index (χ0v) is 16.5. The smallest absolute Gasteiger partial charge is 0.123 e. The molecule has 2 aromatic rings. The number of hydrogen-bond donors (Lipinski definition) is 1. The quantitative estimate of drug-likeness (QED) is 0.717. The molecule has 3 heteroatoms. The van der Waals surface area contributed by atoms with Crippen molar-refractivity contribution in [2.45, 2.75) is 59.8 Å². The Morgan fingerprint density at radius 3 is 2.69 bits per heavy atom. The van der Waals surface area contributed by atoms with Crippen molar-refractivity contribution in [2.24, 2.45) is 5.41 Å². The predicted molar refractivity (Wildman–Crippen MR) is 107 cm³/mol. The van der Waals surface area contributed by atoms with Gasteiger partial charge in [0.25, 0.3) is 0 Å². The third-order valence-corrected chi connectivity index (χ3v) is 5.37. The Labute approximate surface area is 156 Å². The van der Waals surface area contributed by atoms with Crippen LogP contribution in [0.15, 0.2) is 35.9 Å². The first kappa shape index (κ1) is 18.6. The summed E-state index contributed by atoms with van der Waals surface area (Å²) in [5, 5.41) is 0. The maximum absolute atomic E-state index is 13.9. The number of hydrogen-bond acceptors (Lipinski definition) is 2. The van der Waals surface area contributed by atoms with Gasteiger partial charge in [-0.3, -0.25) is 4.98 Å². The molecule has 1 aromatic carbocycles. The molecule has 138 valence electrons. The number of nitrogens with two attached hydrogens (primary N) is 1. The van der Waals surface area contributed by atoms with Crippen molar-refractivity contribution in [3.8, 4) is 0 Å². The normalized spacial score (nSPS) is 16.7. The molecule has 0 fully saturated rings. The van der Waals surface area contributed by atoms with E-state index >= 15 is 0 Å². The summed E-state index contributed by atoms with van der Waals surface area (Å²) in [5.41, 5.74) is 14.2.